The quantitative estimate of drug-likeness (QED) is 0.548. The molecule has 0 N–H and O–H groups in total. The smallest absolute Gasteiger partial charge is 0.326 e. The van der Waals surface area contributed by atoms with E-state index in [9.17, 15) is 9.46 Å². The average molecular weight is 299 g/mol. The summed E-state index contributed by atoms with van der Waals surface area (Å²) in [5.74, 6) is 0. The molecular weight excluding hydrogens is 289 g/mol. The zero-order valence-electron chi connectivity index (χ0n) is 9.53. The third-order valence-electron chi connectivity index (χ3n) is 2.56. The molecule has 0 fully saturated rings. The van der Waals surface area contributed by atoms with E-state index in [2.05, 4.69) is 0 Å². The molecule has 0 saturated heterocycles. The number of benzene rings is 1. The lowest BCUT2D eigenvalue weighted by Gasteiger charge is -2.16. The van der Waals surface area contributed by atoms with E-state index in [1.54, 1.807) is 28.0 Å². The van der Waals surface area contributed by atoms with Crippen molar-refractivity contribution < 1.29 is 18.4 Å². The highest BCUT2D eigenvalue weighted by Gasteiger charge is 2.29. The van der Waals surface area contributed by atoms with Gasteiger partial charge in [-0.3, -0.25) is 4.57 Å². The van der Waals surface area contributed by atoms with Crippen molar-refractivity contribution in [3.05, 3.63) is 29.6 Å². The first-order chi connectivity index (χ1) is 8.63. The van der Waals surface area contributed by atoms with Gasteiger partial charge in [0.05, 0.1) is 12.0 Å². The number of hydrogen-bond acceptors (Lipinski definition) is 5. The summed E-state index contributed by atoms with van der Waals surface area (Å²) in [5, 5.41) is 1.64. The number of thiazole rings is 2. The molecule has 0 spiro atoms. The first-order valence-corrected chi connectivity index (χ1v) is 8.64. The van der Waals surface area contributed by atoms with Gasteiger partial charge in [0.15, 0.2) is 0 Å². The van der Waals surface area contributed by atoms with Crippen LogP contribution in [0.1, 0.15) is 6.92 Å². The molecule has 18 heavy (non-hydrogen) atoms. The van der Waals surface area contributed by atoms with Gasteiger partial charge >= 0.3 is 4.14 Å². The minimum Gasteiger partial charge on any atom is -0.771 e. The summed E-state index contributed by atoms with van der Waals surface area (Å²) in [6, 6.07) is 7.75. The van der Waals surface area contributed by atoms with Gasteiger partial charge in [0, 0.05) is 6.07 Å². The number of nitrogens with zero attached hydrogens (tertiary/aromatic N) is 1. The summed E-state index contributed by atoms with van der Waals surface area (Å²) in [6.07, 6.45) is 0. The van der Waals surface area contributed by atoms with Crippen molar-refractivity contribution in [2.24, 2.45) is 0 Å². The molecular formula is C11H10NO3PS2. The minimum absolute atomic E-state index is 0.154. The molecule has 94 valence electrons. The lowest BCUT2D eigenvalue weighted by Crippen LogP contribution is -2.38. The first-order valence-electron chi connectivity index (χ1n) is 5.40. The molecule has 1 atom stereocenters. The predicted octanol–water partition coefficient (Wildman–Crippen LogP) is 1.92. The zero-order chi connectivity index (χ0) is 12.8. The van der Waals surface area contributed by atoms with Crippen molar-refractivity contribution >= 4 is 50.1 Å². The van der Waals surface area contributed by atoms with Crippen LogP contribution in [-0.2, 0) is 9.09 Å². The van der Waals surface area contributed by atoms with Gasteiger partial charge in [-0.05, 0) is 13.0 Å². The summed E-state index contributed by atoms with van der Waals surface area (Å²) < 4.78 is 20.7. The third-order valence-corrected chi connectivity index (χ3v) is 6.41. The number of aromatic nitrogens is 1. The fourth-order valence-corrected chi connectivity index (χ4v) is 5.68. The van der Waals surface area contributed by atoms with Crippen LogP contribution in [0, 0.1) is 0 Å². The molecule has 3 rings (SSSR count). The molecule has 0 saturated carbocycles. The second kappa shape index (κ2) is 4.40. The number of hydrogen-bond donors (Lipinski definition) is 0. The second-order valence-electron chi connectivity index (χ2n) is 3.68. The van der Waals surface area contributed by atoms with E-state index in [1.807, 2.05) is 24.3 Å². The number of fused-ring (bicyclic) bond motifs is 3. The summed E-state index contributed by atoms with van der Waals surface area (Å²) in [7, 11) is -3.98. The average Bonchev–Trinajstić information content (AvgIpc) is 2.86. The van der Waals surface area contributed by atoms with Gasteiger partial charge in [-0.25, -0.2) is 0 Å². The normalized spacial score (nSPS) is 15.2. The summed E-state index contributed by atoms with van der Waals surface area (Å²) in [4.78, 5) is 12.0. The van der Waals surface area contributed by atoms with Crippen LogP contribution in [-0.4, -0.2) is 6.61 Å². The Hall–Kier alpha value is -0.780. The van der Waals surface area contributed by atoms with E-state index in [1.165, 1.54) is 11.3 Å². The standard InChI is InChI=1S/C11H10NO3PS2/c1-2-15-16(13,14)10-7-17-11-12(10)8-5-3-4-6-9(8)18-11/h3-7H,2H2,1H3. The monoisotopic (exact) mass is 299 g/mol. The molecule has 0 amide bonds. The van der Waals surface area contributed by atoms with Crippen LogP contribution in [0.3, 0.4) is 0 Å². The summed E-state index contributed by atoms with van der Waals surface area (Å²) in [6.45, 7) is 1.82. The van der Waals surface area contributed by atoms with Crippen LogP contribution < -0.4 is 14.7 Å². The van der Waals surface area contributed by atoms with Gasteiger partial charge in [-0.2, -0.15) is 0 Å². The molecule has 7 heteroatoms. The Morgan fingerprint density at radius 1 is 1.44 bits per heavy atom. The Morgan fingerprint density at radius 2 is 2.22 bits per heavy atom. The van der Waals surface area contributed by atoms with Gasteiger partial charge < -0.3 is 9.42 Å². The second-order valence-corrected chi connectivity index (χ2v) is 7.54. The van der Waals surface area contributed by atoms with E-state index in [0.29, 0.717) is 0 Å². The molecule has 2 aromatic heterocycles. The van der Waals surface area contributed by atoms with E-state index >= 15 is 0 Å². The maximum absolute atomic E-state index is 12.0. The van der Waals surface area contributed by atoms with E-state index in [-0.39, 0.29) is 12.0 Å². The fraction of sp³-hybridized carbons (Fsp3) is 0.182. The van der Waals surface area contributed by atoms with Crippen molar-refractivity contribution in [1.29, 1.82) is 0 Å². The van der Waals surface area contributed by atoms with Gasteiger partial charge in [-0.1, -0.05) is 34.8 Å². The molecule has 2 heterocycles. The van der Waals surface area contributed by atoms with Crippen LogP contribution in [0.5, 0.6) is 0 Å². The Labute approximate surface area is 112 Å². The molecule has 1 aromatic carbocycles. The molecule has 4 nitrogen and oxygen atoms in total. The van der Waals surface area contributed by atoms with Gasteiger partial charge in [0.1, 0.15) is 4.70 Å². The van der Waals surface area contributed by atoms with Crippen molar-refractivity contribution in [2.75, 3.05) is 6.61 Å². The maximum Gasteiger partial charge on any atom is 0.326 e. The first kappa shape index (κ1) is 12.3. The number of rotatable bonds is 3. The molecule has 0 bridgehead atoms. The van der Waals surface area contributed by atoms with Crippen LogP contribution in [0.4, 0.5) is 0 Å². The Bertz CT molecular complexity index is 764. The van der Waals surface area contributed by atoms with Crippen molar-refractivity contribution in [3.8, 4) is 0 Å². The third kappa shape index (κ3) is 1.81. The van der Waals surface area contributed by atoms with E-state index < -0.39 is 7.60 Å². The fourth-order valence-electron chi connectivity index (χ4n) is 1.84. The lowest BCUT2D eigenvalue weighted by atomic mass is 10.3. The summed E-state index contributed by atoms with van der Waals surface area (Å²) >= 11 is 3.00. The molecule has 0 aliphatic rings. The van der Waals surface area contributed by atoms with Crippen molar-refractivity contribution in [1.82, 2.24) is 0 Å². The van der Waals surface area contributed by atoms with E-state index in [0.717, 1.165) is 14.4 Å². The van der Waals surface area contributed by atoms with Crippen LogP contribution >= 0.6 is 30.3 Å². The minimum atomic E-state index is -3.98. The highest BCUT2D eigenvalue weighted by Crippen LogP contribution is 2.36. The molecule has 3 aromatic rings. The Balaban J connectivity index is 2.33. The molecule has 1 unspecified atom stereocenters. The number of para-hydroxylation sites is 1. The van der Waals surface area contributed by atoms with Crippen LogP contribution in [0.2, 0.25) is 0 Å². The predicted molar refractivity (Wildman–Crippen MR) is 71.7 cm³/mol. The van der Waals surface area contributed by atoms with Gasteiger partial charge in [0.2, 0.25) is 13.1 Å². The molecule has 0 radical (unpaired) electrons. The van der Waals surface area contributed by atoms with Gasteiger partial charge in [-0.15, -0.1) is 4.40 Å². The molecule has 0 aliphatic carbocycles. The van der Waals surface area contributed by atoms with Crippen LogP contribution in [0.25, 0.3) is 14.4 Å². The SMILES string of the molecule is CCOP(=O)([O-])c1csc2sc3ccccc3[n+]12. The Morgan fingerprint density at radius 3 is 3.00 bits per heavy atom. The van der Waals surface area contributed by atoms with Crippen LogP contribution in [0.15, 0.2) is 29.6 Å². The summed E-state index contributed by atoms with van der Waals surface area (Å²) in [5.41, 5.74) is 1.14. The van der Waals surface area contributed by atoms with E-state index in [4.69, 9.17) is 4.52 Å². The maximum atomic E-state index is 12.0. The topological polar surface area (TPSA) is 53.5 Å². The highest BCUT2D eigenvalue weighted by atomic mass is 32.2. The van der Waals surface area contributed by atoms with Crippen molar-refractivity contribution in [3.63, 3.8) is 0 Å². The zero-order valence-corrected chi connectivity index (χ0v) is 12.1. The largest absolute Gasteiger partial charge is 0.771 e. The Kier molecular flexibility index (Phi) is 3.00. The van der Waals surface area contributed by atoms with Crippen molar-refractivity contribution in [2.45, 2.75) is 6.92 Å². The molecule has 0 aliphatic heterocycles. The lowest BCUT2D eigenvalue weighted by molar-refractivity contribution is -0.455. The highest BCUT2D eigenvalue weighted by molar-refractivity contribution is 7.60. The van der Waals surface area contributed by atoms with Gasteiger partial charge in [0.25, 0.3) is 5.44 Å².